The van der Waals surface area contributed by atoms with E-state index >= 15 is 0 Å². The van der Waals surface area contributed by atoms with Gasteiger partial charge in [-0.05, 0) is 73.2 Å². The molecule has 0 saturated heterocycles. The standard InChI is InChI=1S/C32H30/c1-23-5-13-27(14-6-23)21-31(29-17-9-25(3)10-18-29)32(30-19-11-26(4)12-20-30)22-28-15-7-24(2)8-16-28/h5-22H,1-4H3/b31-21+,32-22+. The Morgan fingerprint density at radius 1 is 0.375 bits per heavy atom. The number of aryl methyl sites for hydroxylation is 4. The van der Waals surface area contributed by atoms with E-state index in [1.54, 1.807) is 0 Å². The average molecular weight is 415 g/mol. The molecule has 32 heavy (non-hydrogen) atoms. The number of benzene rings is 4. The zero-order valence-corrected chi connectivity index (χ0v) is 19.4. The molecule has 0 aliphatic heterocycles. The first-order valence-electron chi connectivity index (χ1n) is 11.2. The molecular formula is C32H30. The molecule has 0 heterocycles. The van der Waals surface area contributed by atoms with Crippen LogP contribution in [-0.4, -0.2) is 0 Å². The molecule has 0 unspecified atom stereocenters. The van der Waals surface area contributed by atoms with Crippen LogP contribution in [0, 0.1) is 27.7 Å². The summed E-state index contributed by atoms with van der Waals surface area (Å²) >= 11 is 0. The predicted molar refractivity (Wildman–Crippen MR) is 140 cm³/mol. The molecular weight excluding hydrogens is 384 g/mol. The molecule has 4 aromatic rings. The van der Waals surface area contributed by atoms with Gasteiger partial charge in [0, 0.05) is 0 Å². The molecule has 0 saturated carbocycles. The summed E-state index contributed by atoms with van der Waals surface area (Å²) in [6.45, 7) is 8.53. The highest BCUT2D eigenvalue weighted by atomic mass is 14.2. The molecule has 158 valence electrons. The van der Waals surface area contributed by atoms with Crippen molar-refractivity contribution < 1.29 is 0 Å². The predicted octanol–water partition coefficient (Wildman–Crippen LogP) is 8.70. The van der Waals surface area contributed by atoms with Crippen molar-refractivity contribution in [2.75, 3.05) is 0 Å². The van der Waals surface area contributed by atoms with Gasteiger partial charge in [-0.3, -0.25) is 0 Å². The third-order valence-electron chi connectivity index (χ3n) is 5.79. The van der Waals surface area contributed by atoms with Crippen molar-refractivity contribution in [2.45, 2.75) is 27.7 Å². The Morgan fingerprint density at radius 3 is 0.906 bits per heavy atom. The van der Waals surface area contributed by atoms with E-state index < -0.39 is 0 Å². The molecule has 0 spiro atoms. The largest absolute Gasteiger partial charge is 0.0587 e. The molecule has 4 aromatic carbocycles. The van der Waals surface area contributed by atoms with Gasteiger partial charge in [0.05, 0.1) is 0 Å². The van der Waals surface area contributed by atoms with Crippen molar-refractivity contribution in [3.05, 3.63) is 142 Å². The van der Waals surface area contributed by atoms with Gasteiger partial charge >= 0.3 is 0 Å². The van der Waals surface area contributed by atoms with Crippen molar-refractivity contribution in [1.29, 1.82) is 0 Å². The molecule has 0 fully saturated rings. The Balaban J connectivity index is 1.94. The molecule has 0 atom stereocenters. The lowest BCUT2D eigenvalue weighted by Crippen LogP contribution is -1.93. The summed E-state index contributed by atoms with van der Waals surface area (Å²) in [5.74, 6) is 0. The summed E-state index contributed by atoms with van der Waals surface area (Å²) in [5, 5.41) is 0. The highest BCUT2D eigenvalue weighted by Crippen LogP contribution is 2.35. The van der Waals surface area contributed by atoms with Crippen LogP contribution in [0.25, 0.3) is 23.3 Å². The maximum absolute atomic E-state index is 2.31. The summed E-state index contributed by atoms with van der Waals surface area (Å²) in [6, 6.07) is 35.2. The smallest absolute Gasteiger partial charge is 0.00992 e. The summed E-state index contributed by atoms with van der Waals surface area (Å²) in [5.41, 5.74) is 12.4. The molecule has 0 N–H and O–H groups in total. The summed E-state index contributed by atoms with van der Waals surface area (Å²) in [4.78, 5) is 0. The highest BCUT2D eigenvalue weighted by Gasteiger charge is 2.12. The van der Waals surface area contributed by atoms with Gasteiger partial charge in [-0.15, -0.1) is 0 Å². The van der Waals surface area contributed by atoms with Crippen LogP contribution < -0.4 is 0 Å². The number of hydrogen-bond acceptors (Lipinski definition) is 0. The molecule has 0 amide bonds. The van der Waals surface area contributed by atoms with Crippen LogP contribution in [0.4, 0.5) is 0 Å². The van der Waals surface area contributed by atoms with Gasteiger partial charge in [0.1, 0.15) is 0 Å². The summed E-state index contributed by atoms with van der Waals surface area (Å²) < 4.78 is 0. The fraction of sp³-hybridized carbons (Fsp3) is 0.125. The SMILES string of the molecule is Cc1ccc(/C=C(/C(=C/c2ccc(C)cc2)c2ccc(C)cc2)c2ccc(C)cc2)cc1. The fourth-order valence-corrected chi connectivity index (χ4v) is 3.76. The second-order valence-corrected chi connectivity index (χ2v) is 8.67. The number of allylic oxidation sites excluding steroid dienone is 2. The Morgan fingerprint density at radius 2 is 0.625 bits per heavy atom. The molecule has 0 aliphatic rings. The molecule has 0 aromatic heterocycles. The van der Waals surface area contributed by atoms with E-state index in [-0.39, 0.29) is 0 Å². The minimum atomic E-state index is 1.20. The van der Waals surface area contributed by atoms with Gasteiger partial charge in [-0.25, -0.2) is 0 Å². The normalized spacial score (nSPS) is 12.1. The maximum atomic E-state index is 2.31. The second kappa shape index (κ2) is 9.66. The zero-order chi connectivity index (χ0) is 22.5. The van der Waals surface area contributed by atoms with E-state index in [0.29, 0.717) is 0 Å². The quantitative estimate of drug-likeness (QED) is 0.226. The monoisotopic (exact) mass is 414 g/mol. The lowest BCUT2D eigenvalue weighted by atomic mass is 9.88. The van der Waals surface area contributed by atoms with Crippen molar-refractivity contribution in [3.63, 3.8) is 0 Å². The first-order chi connectivity index (χ1) is 15.5. The van der Waals surface area contributed by atoms with Gasteiger partial charge < -0.3 is 0 Å². The van der Waals surface area contributed by atoms with Gasteiger partial charge in [0.15, 0.2) is 0 Å². The molecule has 0 aliphatic carbocycles. The van der Waals surface area contributed by atoms with Crippen molar-refractivity contribution in [3.8, 4) is 0 Å². The summed E-state index contributed by atoms with van der Waals surface area (Å²) in [6.07, 6.45) is 4.62. The molecule has 0 nitrogen and oxygen atoms in total. The Labute approximate surface area is 192 Å². The van der Waals surface area contributed by atoms with E-state index in [1.165, 1.54) is 55.7 Å². The minimum Gasteiger partial charge on any atom is -0.0587 e. The van der Waals surface area contributed by atoms with E-state index in [1.807, 2.05) is 0 Å². The van der Waals surface area contributed by atoms with Gasteiger partial charge in [0.2, 0.25) is 0 Å². The van der Waals surface area contributed by atoms with Crippen LogP contribution in [0.5, 0.6) is 0 Å². The maximum Gasteiger partial charge on any atom is -0.00992 e. The Bertz CT molecular complexity index is 1130. The topological polar surface area (TPSA) is 0 Å². The first kappa shape index (κ1) is 21.6. The van der Waals surface area contributed by atoms with E-state index in [4.69, 9.17) is 0 Å². The van der Waals surface area contributed by atoms with Crippen molar-refractivity contribution >= 4 is 23.3 Å². The molecule has 0 bridgehead atoms. The van der Waals surface area contributed by atoms with Crippen LogP contribution in [-0.2, 0) is 0 Å². The van der Waals surface area contributed by atoms with Crippen molar-refractivity contribution in [2.24, 2.45) is 0 Å². The third kappa shape index (κ3) is 5.34. The van der Waals surface area contributed by atoms with Crippen LogP contribution in [0.2, 0.25) is 0 Å². The van der Waals surface area contributed by atoms with Crippen LogP contribution in [0.1, 0.15) is 44.5 Å². The number of hydrogen-bond donors (Lipinski definition) is 0. The highest BCUT2D eigenvalue weighted by molar-refractivity contribution is 6.15. The lowest BCUT2D eigenvalue weighted by molar-refractivity contribution is 1.44. The molecule has 4 rings (SSSR count). The van der Waals surface area contributed by atoms with Gasteiger partial charge in [-0.2, -0.15) is 0 Å². The van der Waals surface area contributed by atoms with Gasteiger partial charge in [0.25, 0.3) is 0 Å². The third-order valence-corrected chi connectivity index (χ3v) is 5.79. The Kier molecular flexibility index (Phi) is 6.52. The molecule has 0 radical (unpaired) electrons. The van der Waals surface area contributed by atoms with Crippen LogP contribution >= 0.6 is 0 Å². The lowest BCUT2D eigenvalue weighted by Gasteiger charge is -2.16. The fourth-order valence-electron chi connectivity index (χ4n) is 3.76. The van der Waals surface area contributed by atoms with Crippen LogP contribution in [0.3, 0.4) is 0 Å². The van der Waals surface area contributed by atoms with E-state index in [9.17, 15) is 0 Å². The second-order valence-electron chi connectivity index (χ2n) is 8.67. The van der Waals surface area contributed by atoms with Crippen molar-refractivity contribution in [1.82, 2.24) is 0 Å². The Hall–Kier alpha value is -3.64. The van der Waals surface area contributed by atoms with E-state index in [0.717, 1.165) is 0 Å². The number of rotatable bonds is 5. The zero-order valence-electron chi connectivity index (χ0n) is 19.4. The summed E-state index contributed by atoms with van der Waals surface area (Å²) in [7, 11) is 0. The first-order valence-corrected chi connectivity index (χ1v) is 11.2. The minimum absolute atomic E-state index is 1.20. The molecule has 0 heteroatoms. The van der Waals surface area contributed by atoms with E-state index in [2.05, 4.69) is 137 Å². The van der Waals surface area contributed by atoms with Crippen LogP contribution in [0.15, 0.2) is 97.1 Å². The van der Waals surface area contributed by atoms with Gasteiger partial charge in [-0.1, -0.05) is 119 Å². The average Bonchev–Trinajstić information content (AvgIpc) is 2.80.